The van der Waals surface area contributed by atoms with Gasteiger partial charge in [0.1, 0.15) is 0 Å². The van der Waals surface area contributed by atoms with Crippen molar-refractivity contribution >= 4 is 11.9 Å². The van der Waals surface area contributed by atoms with Crippen molar-refractivity contribution in [1.29, 1.82) is 0 Å². The maximum Gasteiger partial charge on any atom is 0.331 e. The summed E-state index contributed by atoms with van der Waals surface area (Å²) in [5.41, 5.74) is 0.248. The summed E-state index contributed by atoms with van der Waals surface area (Å²) in [5, 5.41) is 11.4. The molecule has 6 heteroatoms. The average molecular weight is 243 g/mol. The molecule has 1 amide bonds. The lowest BCUT2D eigenvalue weighted by Gasteiger charge is -2.23. The van der Waals surface area contributed by atoms with E-state index in [2.05, 4.69) is 5.32 Å². The van der Waals surface area contributed by atoms with E-state index in [0.29, 0.717) is 26.4 Å². The third kappa shape index (κ3) is 4.16. The minimum atomic E-state index is -1.09. The Morgan fingerprint density at radius 3 is 2.53 bits per heavy atom. The number of ether oxygens (including phenoxy) is 2. The highest BCUT2D eigenvalue weighted by atomic mass is 16.6. The molecule has 1 rings (SSSR count). The molecule has 6 nitrogen and oxygen atoms in total. The normalized spacial score (nSPS) is 21.6. The summed E-state index contributed by atoms with van der Waals surface area (Å²) in [6, 6.07) is 0. The maximum atomic E-state index is 11.6. The van der Waals surface area contributed by atoms with Crippen LogP contribution in [0.4, 0.5) is 0 Å². The summed E-state index contributed by atoms with van der Waals surface area (Å²) in [6.45, 7) is 4.74. The first-order valence-electron chi connectivity index (χ1n) is 5.40. The quantitative estimate of drug-likeness (QED) is 0.676. The molecule has 1 heterocycles. The van der Waals surface area contributed by atoms with E-state index in [1.54, 1.807) is 0 Å². The van der Waals surface area contributed by atoms with Crippen LogP contribution in [0.2, 0.25) is 0 Å². The van der Waals surface area contributed by atoms with Crippen molar-refractivity contribution in [2.45, 2.75) is 20.0 Å². The predicted molar refractivity (Wildman–Crippen MR) is 59.6 cm³/mol. The molecule has 96 valence electrons. The molecule has 1 fully saturated rings. The third-order valence-electron chi connectivity index (χ3n) is 2.60. The fraction of sp³-hybridized carbons (Fsp3) is 0.636. The highest BCUT2D eigenvalue weighted by Crippen LogP contribution is 2.04. The standard InChI is InChI=1S/C11H17NO5/c1-7(8(2)11(14)15)10(13)12-5-9-6-16-3-4-17-9/h9H,3-6H2,1-2H3,(H,12,13)(H,14,15)/b8-7-. The van der Waals surface area contributed by atoms with Crippen LogP contribution < -0.4 is 5.32 Å². The van der Waals surface area contributed by atoms with Gasteiger partial charge in [-0.3, -0.25) is 4.79 Å². The molecule has 0 radical (unpaired) electrons. The highest BCUT2D eigenvalue weighted by molar-refractivity contribution is 6.01. The van der Waals surface area contributed by atoms with Crippen molar-refractivity contribution in [3.8, 4) is 0 Å². The van der Waals surface area contributed by atoms with Crippen molar-refractivity contribution in [1.82, 2.24) is 5.32 Å². The van der Waals surface area contributed by atoms with E-state index in [-0.39, 0.29) is 23.2 Å². The maximum absolute atomic E-state index is 11.6. The number of carboxylic acid groups (broad SMARTS) is 1. The molecule has 17 heavy (non-hydrogen) atoms. The molecule has 1 atom stereocenters. The minimum Gasteiger partial charge on any atom is -0.478 e. The van der Waals surface area contributed by atoms with Crippen LogP contribution in [0.5, 0.6) is 0 Å². The average Bonchev–Trinajstić information content (AvgIpc) is 2.35. The number of nitrogens with one attached hydrogen (secondary N) is 1. The van der Waals surface area contributed by atoms with Gasteiger partial charge in [0.15, 0.2) is 0 Å². The number of aliphatic carboxylic acids is 1. The first-order valence-corrected chi connectivity index (χ1v) is 5.40. The van der Waals surface area contributed by atoms with Gasteiger partial charge in [0.25, 0.3) is 0 Å². The first kappa shape index (κ1) is 13.7. The predicted octanol–water partition coefficient (Wildman–Crippen LogP) is -0.0610. The Hall–Kier alpha value is -1.40. The molecule has 0 spiro atoms. The second-order valence-corrected chi connectivity index (χ2v) is 3.83. The number of carbonyl (C=O) groups is 2. The third-order valence-corrected chi connectivity index (χ3v) is 2.60. The number of rotatable bonds is 4. The van der Waals surface area contributed by atoms with E-state index < -0.39 is 5.97 Å². The van der Waals surface area contributed by atoms with Crippen LogP contribution >= 0.6 is 0 Å². The van der Waals surface area contributed by atoms with Gasteiger partial charge in [0.2, 0.25) is 5.91 Å². The van der Waals surface area contributed by atoms with Crippen LogP contribution in [0.3, 0.4) is 0 Å². The van der Waals surface area contributed by atoms with Crippen LogP contribution in [0.15, 0.2) is 11.1 Å². The number of carboxylic acids is 1. The van der Waals surface area contributed by atoms with E-state index >= 15 is 0 Å². The molecular weight excluding hydrogens is 226 g/mol. The summed E-state index contributed by atoms with van der Waals surface area (Å²) in [5.74, 6) is -1.48. The molecule has 1 aliphatic heterocycles. The van der Waals surface area contributed by atoms with Gasteiger partial charge >= 0.3 is 5.97 Å². The Labute approximate surface area is 99.6 Å². The van der Waals surface area contributed by atoms with E-state index in [1.807, 2.05) is 0 Å². The van der Waals surface area contributed by atoms with Crippen LogP contribution in [0.1, 0.15) is 13.8 Å². The molecule has 0 aromatic rings. The molecule has 0 bridgehead atoms. The second kappa shape index (κ2) is 6.36. The largest absolute Gasteiger partial charge is 0.478 e. The Morgan fingerprint density at radius 1 is 1.29 bits per heavy atom. The SMILES string of the molecule is C/C(C(=O)O)=C(\C)C(=O)NCC1COCCO1. The number of amides is 1. The Balaban J connectivity index is 2.43. The monoisotopic (exact) mass is 243 g/mol. The lowest BCUT2D eigenvalue weighted by molar-refractivity contribution is -0.133. The van der Waals surface area contributed by atoms with E-state index in [0.717, 1.165) is 0 Å². The molecule has 1 saturated heterocycles. The zero-order valence-electron chi connectivity index (χ0n) is 9.99. The summed E-state index contributed by atoms with van der Waals surface area (Å²) in [6.07, 6.45) is -0.161. The molecule has 1 aliphatic rings. The van der Waals surface area contributed by atoms with E-state index in [1.165, 1.54) is 13.8 Å². The van der Waals surface area contributed by atoms with Gasteiger partial charge in [-0.15, -0.1) is 0 Å². The molecule has 0 aromatic carbocycles. The lowest BCUT2D eigenvalue weighted by atomic mass is 10.1. The van der Waals surface area contributed by atoms with E-state index in [9.17, 15) is 9.59 Å². The topological polar surface area (TPSA) is 84.9 Å². The molecule has 2 N–H and O–H groups in total. The Morgan fingerprint density at radius 2 is 2.00 bits per heavy atom. The molecule has 0 aliphatic carbocycles. The number of hydrogen-bond donors (Lipinski definition) is 2. The van der Waals surface area contributed by atoms with Gasteiger partial charge in [0.05, 0.1) is 25.9 Å². The van der Waals surface area contributed by atoms with Crippen molar-refractivity contribution in [3.63, 3.8) is 0 Å². The van der Waals surface area contributed by atoms with Crippen LogP contribution in [0.25, 0.3) is 0 Å². The second-order valence-electron chi connectivity index (χ2n) is 3.83. The van der Waals surface area contributed by atoms with Crippen molar-refractivity contribution in [2.75, 3.05) is 26.4 Å². The molecular formula is C11H17NO5. The fourth-order valence-corrected chi connectivity index (χ4v) is 1.32. The smallest absolute Gasteiger partial charge is 0.331 e. The van der Waals surface area contributed by atoms with Gasteiger partial charge in [-0.25, -0.2) is 4.79 Å². The summed E-state index contributed by atoms with van der Waals surface area (Å²) in [4.78, 5) is 22.3. The van der Waals surface area contributed by atoms with E-state index in [4.69, 9.17) is 14.6 Å². The zero-order chi connectivity index (χ0) is 12.8. The van der Waals surface area contributed by atoms with Crippen molar-refractivity contribution in [2.24, 2.45) is 0 Å². The Bertz CT molecular complexity index is 331. The summed E-state index contributed by atoms with van der Waals surface area (Å²) >= 11 is 0. The highest BCUT2D eigenvalue weighted by Gasteiger charge is 2.17. The van der Waals surface area contributed by atoms with Crippen LogP contribution in [-0.4, -0.2) is 49.5 Å². The van der Waals surface area contributed by atoms with Gasteiger partial charge < -0.3 is 19.9 Å². The van der Waals surface area contributed by atoms with Crippen molar-refractivity contribution in [3.05, 3.63) is 11.1 Å². The summed E-state index contributed by atoms with van der Waals surface area (Å²) in [7, 11) is 0. The minimum absolute atomic E-state index is 0.0447. The molecule has 0 aromatic heterocycles. The summed E-state index contributed by atoms with van der Waals surface area (Å²) < 4.78 is 10.5. The Kier molecular flexibility index (Phi) is 5.11. The van der Waals surface area contributed by atoms with Gasteiger partial charge in [-0.2, -0.15) is 0 Å². The lowest BCUT2D eigenvalue weighted by Crippen LogP contribution is -2.40. The van der Waals surface area contributed by atoms with Gasteiger partial charge in [0, 0.05) is 17.7 Å². The van der Waals surface area contributed by atoms with Crippen LogP contribution in [-0.2, 0) is 19.1 Å². The van der Waals surface area contributed by atoms with Gasteiger partial charge in [-0.1, -0.05) is 0 Å². The number of carbonyl (C=O) groups excluding carboxylic acids is 1. The molecule has 0 saturated carbocycles. The van der Waals surface area contributed by atoms with Crippen molar-refractivity contribution < 1.29 is 24.2 Å². The molecule has 1 unspecified atom stereocenters. The first-order chi connectivity index (χ1) is 8.02. The fourth-order valence-electron chi connectivity index (χ4n) is 1.32. The van der Waals surface area contributed by atoms with Crippen LogP contribution in [0, 0.1) is 0 Å². The zero-order valence-corrected chi connectivity index (χ0v) is 9.99. The van der Waals surface area contributed by atoms with Gasteiger partial charge in [-0.05, 0) is 13.8 Å². The number of hydrogen-bond acceptors (Lipinski definition) is 4.